The molecule has 4 aromatic rings. The van der Waals surface area contributed by atoms with Crippen LogP contribution in [0.2, 0.25) is 0 Å². The monoisotopic (exact) mass is 540 g/mol. The minimum absolute atomic E-state index is 0.131. The maximum Gasteiger partial charge on any atom is 0.290 e. The highest BCUT2D eigenvalue weighted by molar-refractivity contribution is 14.1. The summed E-state index contributed by atoms with van der Waals surface area (Å²) in [6.07, 6.45) is 0. The van der Waals surface area contributed by atoms with Crippen molar-refractivity contribution in [2.24, 2.45) is 10.2 Å². The molecule has 0 atom stereocenters. The molecule has 0 aliphatic rings. The second-order valence-electron chi connectivity index (χ2n) is 6.78. The molecular formula is C23H17IN4O2S. The van der Waals surface area contributed by atoms with Crippen LogP contribution >= 0.6 is 34.8 Å². The van der Waals surface area contributed by atoms with Crippen LogP contribution in [-0.4, -0.2) is 14.2 Å². The van der Waals surface area contributed by atoms with Crippen molar-refractivity contribution in [3.63, 3.8) is 0 Å². The van der Waals surface area contributed by atoms with Gasteiger partial charge in [-0.25, -0.2) is 0 Å². The van der Waals surface area contributed by atoms with Crippen molar-refractivity contribution < 1.29 is 5.11 Å². The lowest BCUT2D eigenvalue weighted by atomic mass is 10.2. The second-order valence-corrected chi connectivity index (χ2v) is 8.39. The van der Waals surface area contributed by atoms with Crippen molar-refractivity contribution in [3.05, 3.63) is 103 Å². The molecule has 154 valence electrons. The van der Waals surface area contributed by atoms with Crippen LogP contribution in [-0.2, 0) is 0 Å². The van der Waals surface area contributed by atoms with E-state index in [2.05, 4.69) is 32.8 Å². The quantitative estimate of drug-likeness (QED) is 0.185. The molecular weight excluding hydrogens is 523 g/mol. The molecule has 1 heterocycles. The Labute approximate surface area is 197 Å². The van der Waals surface area contributed by atoms with Crippen LogP contribution in [0.3, 0.4) is 0 Å². The number of hydrogen-bond acceptors (Lipinski definition) is 5. The van der Waals surface area contributed by atoms with Crippen LogP contribution in [0.25, 0.3) is 11.4 Å². The van der Waals surface area contributed by atoms with Crippen LogP contribution in [0, 0.1) is 15.3 Å². The fraction of sp³-hybridized carbons (Fsp3) is 0.0435. The van der Waals surface area contributed by atoms with Gasteiger partial charge in [-0.2, -0.15) is 5.11 Å². The van der Waals surface area contributed by atoms with Crippen molar-refractivity contribution in [1.29, 1.82) is 0 Å². The first kappa shape index (κ1) is 21.1. The van der Waals surface area contributed by atoms with Crippen LogP contribution in [0.15, 0.2) is 93.9 Å². The van der Waals surface area contributed by atoms with Gasteiger partial charge in [0.1, 0.15) is 0 Å². The standard InChI is InChI=1S/C23H17IN4O2S/c1-15-7-11-18(12-8-15)27-21(29)20(26-25-17-5-3-2-4-6-17)22(30)28(23(27)31)19-13-9-16(24)10-14-19/h2-14,29H,1H3. The molecule has 8 heteroatoms. The van der Waals surface area contributed by atoms with E-state index in [9.17, 15) is 9.90 Å². The Morgan fingerprint density at radius 3 is 2.06 bits per heavy atom. The molecule has 0 unspecified atom stereocenters. The molecule has 4 rings (SSSR count). The smallest absolute Gasteiger partial charge is 0.290 e. The molecule has 6 nitrogen and oxygen atoms in total. The Morgan fingerprint density at radius 1 is 0.839 bits per heavy atom. The summed E-state index contributed by atoms with van der Waals surface area (Å²) in [6.45, 7) is 1.97. The highest BCUT2D eigenvalue weighted by atomic mass is 127. The first-order valence-corrected chi connectivity index (χ1v) is 10.9. The maximum absolute atomic E-state index is 13.3. The van der Waals surface area contributed by atoms with Crippen molar-refractivity contribution in [2.45, 2.75) is 6.92 Å². The Morgan fingerprint density at radius 2 is 1.42 bits per heavy atom. The molecule has 0 saturated heterocycles. The Balaban J connectivity index is 2.01. The van der Waals surface area contributed by atoms with Gasteiger partial charge in [-0.15, -0.1) is 5.11 Å². The minimum atomic E-state index is -0.549. The Hall–Kier alpha value is -3.11. The Bertz CT molecular complexity index is 1380. The van der Waals surface area contributed by atoms with E-state index < -0.39 is 5.56 Å². The van der Waals surface area contributed by atoms with Gasteiger partial charge in [-0.1, -0.05) is 35.9 Å². The number of nitrogens with zero attached hydrogens (tertiary/aromatic N) is 4. The number of aryl methyl sites for hydroxylation is 1. The molecule has 1 N–H and O–H groups in total. The fourth-order valence-electron chi connectivity index (χ4n) is 3.02. The normalized spacial score (nSPS) is 11.2. The summed E-state index contributed by atoms with van der Waals surface area (Å²) in [5, 5.41) is 19.2. The van der Waals surface area contributed by atoms with Gasteiger partial charge in [0.2, 0.25) is 11.6 Å². The van der Waals surface area contributed by atoms with Crippen LogP contribution in [0.1, 0.15) is 5.56 Å². The van der Waals surface area contributed by atoms with Gasteiger partial charge in [0.15, 0.2) is 4.77 Å². The minimum Gasteiger partial charge on any atom is -0.492 e. The number of halogens is 1. The van der Waals surface area contributed by atoms with Crippen molar-refractivity contribution >= 4 is 46.2 Å². The lowest BCUT2D eigenvalue weighted by molar-refractivity contribution is 0.432. The van der Waals surface area contributed by atoms with E-state index in [1.807, 2.05) is 61.5 Å². The molecule has 0 spiro atoms. The van der Waals surface area contributed by atoms with Gasteiger partial charge in [0.05, 0.1) is 17.1 Å². The topological polar surface area (TPSA) is 71.9 Å². The predicted molar refractivity (Wildman–Crippen MR) is 132 cm³/mol. The first-order valence-electron chi connectivity index (χ1n) is 9.36. The van der Waals surface area contributed by atoms with Gasteiger partial charge >= 0.3 is 0 Å². The van der Waals surface area contributed by atoms with E-state index in [1.165, 1.54) is 9.13 Å². The van der Waals surface area contributed by atoms with Gasteiger partial charge in [-0.3, -0.25) is 13.9 Å². The van der Waals surface area contributed by atoms with Gasteiger partial charge in [0, 0.05) is 3.57 Å². The molecule has 0 fully saturated rings. The summed E-state index contributed by atoms with van der Waals surface area (Å²) in [5.74, 6) is -0.361. The second kappa shape index (κ2) is 8.94. The molecule has 3 aromatic carbocycles. The zero-order chi connectivity index (χ0) is 22.0. The van der Waals surface area contributed by atoms with E-state index in [0.29, 0.717) is 17.1 Å². The largest absolute Gasteiger partial charge is 0.492 e. The number of benzene rings is 3. The Kier molecular flexibility index (Phi) is 6.10. The summed E-state index contributed by atoms with van der Waals surface area (Å²) in [7, 11) is 0. The average Bonchev–Trinajstić information content (AvgIpc) is 2.77. The highest BCUT2D eigenvalue weighted by Gasteiger charge is 2.19. The number of rotatable bonds is 4. The van der Waals surface area contributed by atoms with E-state index in [0.717, 1.165) is 9.13 Å². The predicted octanol–water partition coefficient (Wildman–Crippen LogP) is 6.39. The van der Waals surface area contributed by atoms with Gasteiger partial charge < -0.3 is 5.11 Å². The zero-order valence-electron chi connectivity index (χ0n) is 16.4. The summed E-state index contributed by atoms with van der Waals surface area (Å²) >= 11 is 7.82. The summed E-state index contributed by atoms with van der Waals surface area (Å²) in [6, 6.07) is 23.8. The van der Waals surface area contributed by atoms with E-state index in [4.69, 9.17) is 12.2 Å². The van der Waals surface area contributed by atoms with E-state index >= 15 is 0 Å². The summed E-state index contributed by atoms with van der Waals surface area (Å²) < 4.78 is 3.93. The lowest BCUT2D eigenvalue weighted by Gasteiger charge is -2.16. The van der Waals surface area contributed by atoms with Gasteiger partial charge in [0.25, 0.3) is 5.56 Å². The third-order valence-corrected chi connectivity index (χ3v) is 5.69. The van der Waals surface area contributed by atoms with Crippen molar-refractivity contribution in [3.8, 4) is 17.3 Å². The van der Waals surface area contributed by atoms with Gasteiger partial charge in [-0.05, 0) is 90.3 Å². The average molecular weight is 540 g/mol. The van der Waals surface area contributed by atoms with Crippen LogP contribution in [0.5, 0.6) is 5.88 Å². The molecule has 0 bridgehead atoms. The zero-order valence-corrected chi connectivity index (χ0v) is 19.4. The SMILES string of the molecule is Cc1ccc(-n2c(O)c(N=Nc3ccccc3)c(=O)n(-c3ccc(I)cc3)c2=S)cc1. The third kappa shape index (κ3) is 4.35. The van der Waals surface area contributed by atoms with Crippen LogP contribution in [0.4, 0.5) is 11.4 Å². The van der Waals surface area contributed by atoms with E-state index in [1.54, 1.807) is 24.3 Å². The van der Waals surface area contributed by atoms with Crippen molar-refractivity contribution in [2.75, 3.05) is 0 Å². The summed E-state index contributed by atoms with van der Waals surface area (Å²) in [5.41, 5.74) is 2.07. The molecule has 0 aliphatic heterocycles. The molecule has 31 heavy (non-hydrogen) atoms. The molecule has 0 saturated carbocycles. The maximum atomic E-state index is 13.3. The third-order valence-electron chi connectivity index (χ3n) is 4.61. The molecule has 0 radical (unpaired) electrons. The number of hydrogen-bond donors (Lipinski definition) is 1. The summed E-state index contributed by atoms with van der Waals surface area (Å²) in [4.78, 5) is 13.3. The number of aromatic hydroxyl groups is 1. The molecule has 1 aromatic heterocycles. The number of aromatic nitrogens is 2. The number of azo groups is 1. The van der Waals surface area contributed by atoms with Crippen LogP contribution < -0.4 is 5.56 Å². The van der Waals surface area contributed by atoms with E-state index in [-0.39, 0.29) is 16.3 Å². The molecule has 0 aliphatic carbocycles. The lowest BCUT2D eigenvalue weighted by Crippen LogP contribution is -2.23. The first-order chi connectivity index (χ1) is 15.0. The highest BCUT2D eigenvalue weighted by Crippen LogP contribution is 2.29. The fourth-order valence-corrected chi connectivity index (χ4v) is 3.76. The van der Waals surface area contributed by atoms with Crippen molar-refractivity contribution in [1.82, 2.24) is 9.13 Å². The molecule has 0 amide bonds.